The lowest BCUT2D eigenvalue weighted by Gasteiger charge is -2.20. The lowest BCUT2D eigenvalue weighted by Crippen LogP contribution is -2.33. The van der Waals surface area contributed by atoms with E-state index < -0.39 is 5.97 Å². The number of hydrogen-bond donors (Lipinski definition) is 1. The molecule has 0 aromatic heterocycles. The van der Waals surface area contributed by atoms with Crippen LogP contribution in [0.25, 0.3) is 0 Å². The van der Waals surface area contributed by atoms with Gasteiger partial charge in [0.05, 0.1) is 17.9 Å². The second-order valence-corrected chi connectivity index (χ2v) is 5.42. The maximum atomic E-state index is 12.1. The van der Waals surface area contributed by atoms with Crippen molar-refractivity contribution in [2.45, 2.75) is 40.0 Å². The molecule has 1 N–H and O–H groups in total. The molecule has 0 fully saturated rings. The quantitative estimate of drug-likeness (QED) is 0.705. The second kappa shape index (κ2) is 10.4. The van der Waals surface area contributed by atoms with Gasteiger partial charge in [0.1, 0.15) is 0 Å². The van der Waals surface area contributed by atoms with Gasteiger partial charge < -0.3 is 15.0 Å². The minimum absolute atomic E-state index is 0.0387. The Morgan fingerprint density at radius 1 is 1.12 bits per heavy atom. The summed E-state index contributed by atoms with van der Waals surface area (Å²) in [6, 6.07) is 6.71. The summed E-state index contributed by atoms with van der Waals surface area (Å²) < 4.78 is 4.98. The van der Waals surface area contributed by atoms with E-state index in [1.165, 1.54) is 6.92 Å². The van der Waals surface area contributed by atoms with Gasteiger partial charge in [0, 0.05) is 26.4 Å². The summed E-state index contributed by atoms with van der Waals surface area (Å²) in [5, 5.41) is 2.72. The molecule has 0 radical (unpaired) electrons. The molecule has 0 saturated heterocycles. The molecule has 1 aromatic rings. The summed E-state index contributed by atoms with van der Waals surface area (Å²) in [7, 11) is 0. The molecular formula is C18H26N2O4. The van der Waals surface area contributed by atoms with Crippen molar-refractivity contribution < 1.29 is 19.1 Å². The van der Waals surface area contributed by atoms with Gasteiger partial charge >= 0.3 is 5.97 Å². The molecule has 132 valence electrons. The molecule has 0 saturated carbocycles. The van der Waals surface area contributed by atoms with E-state index in [0.717, 1.165) is 12.8 Å². The summed E-state index contributed by atoms with van der Waals surface area (Å²) in [5.41, 5.74) is 0.742. The number of benzene rings is 1. The number of rotatable bonds is 9. The monoisotopic (exact) mass is 334 g/mol. The summed E-state index contributed by atoms with van der Waals surface area (Å²) in [5.74, 6) is -0.751. The first-order valence-corrected chi connectivity index (χ1v) is 8.31. The molecule has 0 atom stereocenters. The van der Waals surface area contributed by atoms with Crippen LogP contribution in [0.3, 0.4) is 0 Å². The fourth-order valence-electron chi connectivity index (χ4n) is 2.20. The molecule has 1 aromatic carbocycles. The zero-order chi connectivity index (χ0) is 17.9. The lowest BCUT2D eigenvalue weighted by atomic mass is 10.1. The van der Waals surface area contributed by atoms with Gasteiger partial charge in [-0.3, -0.25) is 9.59 Å². The van der Waals surface area contributed by atoms with Gasteiger partial charge in [-0.05, 0) is 25.5 Å². The van der Waals surface area contributed by atoms with Crippen LogP contribution in [0.15, 0.2) is 24.3 Å². The number of ether oxygens (including phenoxy) is 1. The average molecular weight is 334 g/mol. The van der Waals surface area contributed by atoms with Crippen LogP contribution in [0.5, 0.6) is 0 Å². The van der Waals surface area contributed by atoms with Gasteiger partial charge in [-0.1, -0.05) is 25.5 Å². The number of carbonyl (C=O) groups is 3. The second-order valence-electron chi connectivity index (χ2n) is 5.42. The van der Waals surface area contributed by atoms with Crippen molar-refractivity contribution in [3.05, 3.63) is 29.8 Å². The smallest absolute Gasteiger partial charge is 0.340 e. The van der Waals surface area contributed by atoms with Gasteiger partial charge in [0.15, 0.2) is 0 Å². The standard InChI is InChI=1S/C18H26N2O4/c1-4-6-12-20(14(3)21)13-11-17(22)19-16-10-8-7-9-15(16)18(23)24-5-2/h7-10H,4-6,11-13H2,1-3H3,(H,19,22). The van der Waals surface area contributed by atoms with E-state index in [9.17, 15) is 14.4 Å². The van der Waals surface area contributed by atoms with E-state index in [2.05, 4.69) is 12.2 Å². The summed E-state index contributed by atoms with van der Waals surface area (Å²) in [4.78, 5) is 37.3. The van der Waals surface area contributed by atoms with Gasteiger partial charge in [0.2, 0.25) is 11.8 Å². The Balaban J connectivity index is 2.65. The fourth-order valence-corrected chi connectivity index (χ4v) is 2.20. The highest BCUT2D eigenvalue weighted by Crippen LogP contribution is 2.16. The number of anilines is 1. The molecule has 0 spiro atoms. The Hall–Kier alpha value is -2.37. The van der Waals surface area contributed by atoms with Crippen molar-refractivity contribution in [2.75, 3.05) is 25.0 Å². The zero-order valence-corrected chi connectivity index (χ0v) is 14.6. The highest BCUT2D eigenvalue weighted by Gasteiger charge is 2.15. The predicted molar refractivity (Wildman–Crippen MR) is 92.8 cm³/mol. The van der Waals surface area contributed by atoms with Gasteiger partial charge in [-0.25, -0.2) is 4.79 Å². The Kier molecular flexibility index (Phi) is 8.54. The normalized spacial score (nSPS) is 10.1. The summed E-state index contributed by atoms with van der Waals surface area (Å²) >= 11 is 0. The maximum Gasteiger partial charge on any atom is 0.340 e. The van der Waals surface area contributed by atoms with Crippen LogP contribution in [0.1, 0.15) is 50.4 Å². The van der Waals surface area contributed by atoms with Crippen molar-refractivity contribution in [2.24, 2.45) is 0 Å². The first kappa shape index (κ1) is 19.7. The predicted octanol–water partition coefficient (Wildman–Crippen LogP) is 2.84. The van der Waals surface area contributed by atoms with Crippen LogP contribution in [-0.2, 0) is 14.3 Å². The van der Waals surface area contributed by atoms with Crippen LogP contribution in [0, 0.1) is 0 Å². The van der Waals surface area contributed by atoms with Crippen LogP contribution in [0.4, 0.5) is 5.69 Å². The highest BCUT2D eigenvalue weighted by molar-refractivity contribution is 6.01. The Bertz CT molecular complexity index is 572. The minimum Gasteiger partial charge on any atom is -0.462 e. The molecule has 0 bridgehead atoms. The molecule has 24 heavy (non-hydrogen) atoms. The van der Waals surface area contributed by atoms with Gasteiger partial charge in [0.25, 0.3) is 0 Å². The number of amides is 2. The third kappa shape index (κ3) is 6.40. The molecule has 0 unspecified atom stereocenters. The van der Waals surface area contributed by atoms with Crippen LogP contribution in [-0.4, -0.2) is 42.4 Å². The van der Waals surface area contributed by atoms with Crippen molar-refractivity contribution >= 4 is 23.5 Å². The Morgan fingerprint density at radius 3 is 2.46 bits per heavy atom. The molecule has 6 nitrogen and oxygen atoms in total. The van der Waals surface area contributed by atoms with E-state index in [-0.39, 0.29) is 24.8 Å². The number of carbonyl (C=O) groups excluding carboxylic acids is 3. The third-order valence-electron chi connectivity index (χ3n) is 3.53. The molecule has 0 aliphatic carbocycles. The number of para-hydroxylation sites is 1. The third-order valence-corrected chi connectivity index (χ3v) is 3.53. The molecule has 0 heterocycles. The number of nitrogens with one attached hydrogen (secondary N) is 1. The van der Waals surface area contributed by atoms with Crippen LogP contribution >= 0.6 is 0 Å². The molecule has 0 aliphatic rings. The number of unbranched alkanes of at least 4 members (excludes halogenated alkanes) is 1. The highest BCUT2D eigenvalue weighted by atomic mass is 16.5. The summed E-state index contributed by atoms with van der Waals surface area (Å²) in [6.07, 6.45) is 2.08. The number of hydrogen-bond acceptors (Lipinski definition) is 4. The van der Waals surface area contributed by atoms with Crippen molar-refractivity contribution in [1.82, 2.24) is 4.90 Å². The summed E-state index contributed by atoms with van der Waals surface area (Å²) in [6.45, 7) is 6.57. The average Bonchev–Trinajstić information content (AvgIpc) is 2.55. The Labute approximate surface area is 143 Å². The van der Waals surface area contributed by atoms with Gasteiger partial charge in [-0.15, -0.1) is 0 Å². The van der Waals surface area contributed by atoms with Crippen molar-refractivity contribution in [3.63, 3.8) is 0 Å². The minimum atomic E-state index is -0.471. The molecular weight excluding hydrogens is 308 g/mol. The number of nitrogens with zero attached hydrogens (tertiary/aromatic N) is 1. The fraction of sp³-hybridized carbons (Fsp3) is 0.500. The first-order chi connectivity index (χ1) is 11.5. The zero-order valence-electron chi connectivity index (χ0n) is 14.6. The molecule has 6 heteroatoms. The number of esters is 1. The molecule has 0 aliphatic heterocycles. The van der Waals surface area contributed by atoms with Crippen molar-refractivity contribution in [3.8, 4) is 0 Å². The lowest BCUT2D eigenvalue weighted by molar-refractivity contribution is -0.129. The molecule has 2 amide bonds. The maximum absolute atomic E-state index is 12.1. The molecule has 1 rings (SSSR count). The van der Waals surface area contributed by atoms with E-state index in [1.54, 1.807) is 36.1 Å². The van der Waals surface area contributed by atoms with Crippen LogP contribution in [0.2, 0.25) is 0 Å². The first-order valence-electron chi connectivity index (χ1n) is 8.31. The van der Waals surface area contributed by atoms with E-state index in [1.807, 2.05) is 0 Å². The van der Waals surface area contributed by atoms with Crippen molar-refractivity contribution in [1.29, 1.82) is 0 Å². The SMILES string of the molecule is CCCCN(CCC(=O)Nc1ccccc1C(=O)OCC)C(C)=O. The van der Waals surface area contributed by atoms with Crippen LogP contribution < -0.4 is 5.32 Å². The van der Waals surface area contributed by atoms with E-state index in [0.29, 0.717) is 24.3 Å². The van der Waals surface area contributed by atoms with Gasteiger partial charge in [-0.2, -0.15) is 0 Å². The largest absolute Gasteiger partial charge is 0.462 e. The topological polar surface area (TPSA) is 75.7 Å². The van der Waals surface area contributed by atoms with E-state index >= 15 is 0 Å². The van der Waals surface area contributed by atoms with E-state index in [4.69, 9.17) is 4.74 Å². The Morgan fingerprint density at radius 2 is 1.83 bits per heavy atom.